The summed E-state index contributed by atoms with van der Waals surface area (Å²) in [5.41, 5.74) is -2.41. The molecule has 0 radical (unpaired) electrons. The molecular formula is C9H13N3O5S. The second-order valence-electron chi connectivity index (χ2n) is 3.81. The van der Waals surface area contributed by atoms with Crippen LogP contribution in [-0.2, 0) is 9.47 Å². The zero-order valence-corrected chi connectivity index (χ0v) is 10.2. The maximum absolute atomic E-state index is 10.2. The van der Waals surface area contributed by atoms with E-state index in [-0.39, 0.29) is 0 Å². The largest absolute Gasteiger partial charge is 0.372 e. The van der Waals surface area contributed by atoms with Crippen LogP contribution in [0.3, 0.4) is 0 Å². The lowest BCUT2D eigenvalue weighted by atomic mass is 10.6. The predicted octanol–water partition coefficient (Wildman–Crippen LogP) is -1.73. The van der Waals surface area contributed by atoms with Crippen molar-refractivity contribution >= 4 is 11.8 Å². The number of epoxide rings is 2. The van der Waals surface area contributed by atoms with E-state index in [0.717, 1.165) is 13.2 Å². The van der Waals surface area contributed by atoms with Gasteiger partial charge >= 0.3 is 17.1 Å². The van der Waals surface area contributed by atoms with Crippen molar-refractivity contribution in [3.05, 3.63) is 31.5 Å². The average molecular weight is 275 g/mol. The Morgan fingerprint density at radius 2 is 1.22 bits per heavy atom. The van der Waals surface area contributed by atoms with Gasteiger partial charge in [0.1, 0.15) is 0 Å². The molecule has 3 rings (SSSR count). The van der Waals surface area contributed by atoms with E-state index in [1.807, 2.05) is 11.8 Å². The number of hydrogen-bond donors (Lipinski definition) is 3. The fourth-order valence-electron chi connectivity index (χ4n) is 1.06. The fourth-order valence-corrected chi connectivity index (χ4v) is 2.11. The van der Waals surface area contributed by atoms with Gasteiger partial charge in [-0.3, -0.25) is 15.0 Å². The van der Waals surface area contributed by atoms with Crippen LogP contribution in [0.15, 0.2) is 14.4 Å². The van der Waals surface area contributed by atoms with Crippen LogP contribution in [0.4, 0.5) is 0 Å². The van der Waals surface area contributed by atoms with Crippen LogP contribution in [0.1, 0.15) is 0 Å². The molecule has 0 saturated carbocycles. The van der Waals surface area contributed by atoms with Crippen molar-refractivity contribution in [1.29, 1.82) is 0 Å². The first-order valence-corrected chi connectivity index (χ1v) is 6.53. The normalized spacial score (nSPS) is 24.0. The van der Waals surface area contributed by atoms with Crippen molar-refractivity contribution in [2.45, 2.75) is 12.2 Å². The van der Waals surface area contributed by atoms with Gasteiger partial charge in [-0.15, -0.1) is 0 Å². The highest BCUT2D eigenvalue weighted by Gasteiger charge is 2.26. The minimum absolute atomic E-state index is 0.578. The third-order valence-corrected chi connectivity index (χ3v) is 3.31. The first kappa shape index (κ1) is 13.1. The van der Waals surface area contributed by atoms with Crippen LogP contribution in [0, 0.1) is 0 Å². The molecule has 2 aliphatic rings. The van der Waals surface area contributed by atoms with Gasteiger partial charge in [-0.25, -0.2) is 14.4 Å². The number of thioether (sulfide) groups is 1. The monoisotopic (exact) mass is 275 g/mol. The molecule has 100 valence electrons. The van der Waals surface area contributed by atoms with Gasteiger partial charge < -0.3 is 9.47 Å². The van der Waals surface area contributed by atoms with Gasteiger partial charge in [-0.2, -0.15) is 11.8 Å². The lowest BCUT2D eigenvalue weighted by Crippen LogP contribution is -2.34. The standard InChI is InChI=1S/C6H10O2S.C3H3N3O3/c1-5(7-1)3-9-4-6-2-8-6;7-1-4-2(8)6-3(9)5-1/h5-6H,1-4H2;(H3,4,5,6,7,8,9). The van der Waals surface area contributed by atoms with Crippen LogP contribution < -0.4 is 17.1 Å². The Hall–Kier alpha value is -1.32. The minimum Gasteiger partial charge on any atom is -0.372 e. The number of hydrogen-bond acceptors (Lipinski definition) is 6. The summed E-state index contributed by atoms with van der Waals surface area (Å²) in [4.78, 5) is 35.9. The van der Waals surface area contributed by atoms with Crippen molar-refractivity contribution in [2.75, 3.05) is 24.7 Å². The molecule has 2 fully saturated rings. The Morgan fingerprint density at radius 3 is 1.50 bits per heavy atom. The number of H-pyrrole nitrogens is 3. The molecule has 2 unspecified atom stereocenters. The summed E-state index contributed by atoms with van der Waals surface area (Å²) < 4.78 is 10.1. The third-order valence-electron chi connectivity index (χ3n) is 2.09. The maximum Gasteiger partial charge on any atom is 0.330 e. The van der Waals surface area contributed by atoms with E-state index >= 15 is 0 Å². The SMILES string of the molecule is C1OC1CSCC1CO1.O=c1[nH]c(=O)[nH]c(=O)[nH]1. The average Bonchev–Trinajstić information content (AvgIpc) is 3.10. The molecule has 3 N–H and O–H groups in total. The highest BCUT2D eigenvalue weighted by Crippen LogP contribution is 2.20. The zero-order chi connectivity index (χ0) is 13.0. The summed E-state index contributed by atoms with van der Waals surface area (Å²) in [5.74, 6) is 2.33. The molecule has 0 aromatic carbocycles. The second kappa shape index (κ2) is 6.03. The third kappa shape index (κ3) is 5.34. The quantitative estimate of drug-likeness (QED) is 0.561. The van der Waals surface area contributed by atoms with Gasteiger partial charge in [0.05, 0.1) is 25.4 Å². The predicted molar refractivity (Wildman–Crippen MR) is 65.1 cm³/mol. The van der Waals surface area contributed by atoms with Crippen LogP contribution in [0.2, 0.25) is 0 Å². The van der Waals surface area contributed by atoms with E-state index < -0.39 is 17.1 Å². The second-order valence-corrected chi connectivity index (χ2v) is 4.89. The Morgan fingerprint density at radius 1 is 0.889 bits per heavy atom. The van der Waals surface area contributed by atoms with Gasteiger partial charge in [-0.05, 0) is 0 Å². The topological polar surface area (TPSA) is 124 Å². The van der Waals surface area contributed by atoms with Gasteiger partial charge in [-0.1, -0.05) is 0 Å². The van der Waals surface area contributed by atoms with Crippen LogP contribution >= 0.6 is 11.8 Å². The Balaban J connectivity index is 0.000000134. The molecular weight excluding hydrogens is 262 g/mol. The Bertz CT molecular complexity index is 451. The van der Waals surface area contributed by atoms with E-state index in [9.17, 15) is 14.4 Å². The number of aromatic amines is 3. The van der Waals surface area contributed by atoms with Gasteiger partial charge in [0.2, 0.25) is 0 Å². The van der Waals surface area contributed by atoms with Crippen LogP contribution in [-0.4, -0.2) is 51.9 Å². The molecule has 2 saturated heterocycles. The summed E-state index contributed by atoms with van der Waals surface area (Å²) in [6.07, 6.45) is 1.16. The molecule has 0 amide bonds. The highest BCUT2D eigenvalue weighted by molar-refractivity contribution is 7.99. The van der Waals surface area contributed by atoms with Crippen LogP contribution in [0.5, 0.6) is 0 Å². The number of nitrogens with one attached hydrogen (secondary N) is 3. The summed E-state index contributed by atoms with van der Waals surface area (Å²) >= 11 is 1.94. The fraction of sp³-hybridized carbons (Fsp3) is 0.667. The van der Waals surface area contributed by atoms with Gasteiger partial charge in [0, 0.05) is 11.5 Å². The molecule has 3 heterocycles. The molecule has 18 heavy (non-hydrogen) atoms. The van der Waals surface area contributed by atoms with E-state index in [1.54, 1.807) is 15.0 Å². The van der Waals surface area contributed by atoms with E-state index in [1.165, 1.54) is 11.5 Å². The molecule has 8 nitrogen and oxygen atoms in total. The number of ether oxygens (including phenoxy) is 2. The summed E-state index contributed by atoms with van der Waals surface area (Å²) in [6, 6.07) is 0. The molecule has 0 aliphatic carbocycles. The number of aromatic nitrogens is 3. The maximum atomic E-state index is 10.2. The lowest BCUT2D eigenvalue weighted by Gasteiger charge is -1.91. The minimum atomic E-state index is -0.802. The number of rotatable bonds is 4. The first-order chi connectivity index (χ1) is 8.63. The van der Waals surface area contributed by atoms with Crippen molar-refractivity contribution in [2.24, 2.45) is 0 Å². The molecule has 9 heteroatoms. The molecule has 2 atom stereocenters. The summed E-state index contributed by atoms with van der Waals surface area (Å²) in [5, 5.41) is 0. The van der Waals surface area contributed by atoms with E-state index in [2.05, 4.69) is 0 Å². The van der Waals surface area contributed by atoms with Gasteiger partial charge in [0.15, 0.2) is 0 Å². The van der Waals surface area contributed by atoms with Crippen molar-refractivity contribution < 1.29 is 9.47 Å². The highest BCUT2D eigenvalue weighted by atomic mass is 32.2. The summed E-state index contributed by atoms with van der Waals surface area (Å²) in [6.45, 7) is 1.97. The Kier molecular flexibility index (Phi) is 4.39. The van der Waals surface area contributed by atoms with E-state index in [0.29, 0.717) is 12.2 Å². The Labute approximate surface area is 105 Å². The molecule has 0 spiro atoms. The molecule has 1 aromatic heterocycles. The van der Waals surface area contributed by atoms with Crippen molar-refractivity contribution in [1.82, 2.24) is 15.0 Å². The summed E-state index contributed by atoms with van der Waals surface area (Å²) in [7, 11) is 0. The van der Waals surface area contributed by atoms with E-state index in [4.69, 9.17) is 9.47 Å². The molecule has 2 aliphatic heterocycles. The van der Waals surface area contributed by atoms with Crippen molar-refractivity contribution in [3.63, 3.8) is 0 Å². The van der Waals surface area contributed by atoms with Crippen molar-refractivity contribution in [3.8, 4) is 0 Å². The smallest absolute Gasteiger partial charge is 0.330 e. The lowest BCUT2D eigenvalue weighted by molar-refractivity contribution is 0.422. The van der Waals surface area contributed by atoms with Crippen LogP contribution in [0.25, 0.3) is 0 Å². The molecule has 1 aromatic rings. The molecule has 0 bridgehead atoms. The van der Waals surface area contributed by atoms with Gasteiger partial charge in [0.25, 0.3) is 0 Å². The first-order valence-electron chi connectivity index (χ1n) is 5.37. The zero-order valence-electron chi connectivity index (χ0n) is 9.43.